The zero-order chi connectivity index (χ0) is 13.3. The summed E-state index contributed by atoms with van der Waals surface area (Å²) in [5, 5.41) is 17.1. The third-order valence-corrected chi connectivity index (χ3v) is 1.89. The first-order valence-corrected chi connectivity index (χ1v) is 5.21. The molecule has 0 amide bonds. The molecule has 0 saturated heterocycles. The Bertz CT molecular complexity index is 274. The Labute approximate surface area is 98.3 Å². The minimum absolute atomic E-state index is 0.200. The molecule has 0 saturated carbocycles. The number of carboxylic acids is 2. The molecule has 2 N–H and O–H groups in total. The lowest BCUT2D eigenvalue weighted by Gasteiger charge is -2.10. The van der Waals surface area contributed by atoms with E-state index in [1.165, 1.54) is 0 Å². The molecule has 0 spiro atoms. The molecule has 0 aromatic carbocycles. The highest BCUT2D eigenvalue weighted by Crippen LogP contribution is 2.05. The summed E-state index contributed by atoms with van der Waals surface area (Å²) in [6.07, 6.45) is -0.0381. The van der Waals surface area contributed by atoms with Crippen molar-refractivity contribution < 1.29 is 34.1 Å². The Kier molecular flexibility index (Phi) is 7.49. The van der Waals surface area contributed by atoms with E-state index in [1.807, 2.05) is 6.92 Å². The van der Waals surface area contributed by atoms with E-state index in [0.29, 0.717) is 6.42 Å². The van der Waals surface area contributed by atoms with Gasteiger partial charge in [0.1, 0.15) is 12.5 Å². The van der Waals surface area contributed by atoms with Gasteiger partial charge in [0, 0.05) is 0 Å². The standard InChI is InChI=1S/C10H16O7/c1-2-3-4-16-10(15)17-6-7(9(13)14)5-8(11)12/h7H,2-6H2,1H3,(H,11,12)(H,13,14). The van der Waals surface area contributed by atoms with Crippen molar-refractivity contribution in [1.29, 1.82) is 0 Å². The Hall–Kier alpha value is -1.79. The number of hydrogen-bond donors (Lipinski definition) is 2. The minimum Gasteiger partial charge on any atom is -0.481 e. The Balaban J connectivity index is 3.91. The maximum atomic E-state index is 10.9. The average molecular weight is 248 g/mol. The van der Waals surface area contributed by atoms with Gasteiger partial charge in [-0.05, 0) is 6.42 Å². The predicted molar refractivity (Wildman–Crippen MR) is 55.6 cm³/mol. The molecular weight excluding hydrogens is 232 g/mol. The van der Waals surface area contributed by atoms with E-state index in [2.05, 4.69) is 9.47 Å². The predicted octanol–water partition coefficient (Wildman–Crippen LogP) is 1.12. The van der Waals surface area contributed by atoms with Crippen LogP contribution in [-0.2, 0) is 19.1 Å². The molecule has 1 atom stereocenters. The topological polar surface area (TPSA) is 110 Å². The number of carbonyl (C=O) groups excluding carboxylic acids is 1. The number of rotatable bonds is 8. The quantitative estimate of drug-likeness (QED) is 0.489. The second-order valence-corrected chi connectivity index (χ2v) is 3.40. The molecule has 0 aliphatic heterocycles. The molecular formula is C10H16O7. The number of ether oxygens (including phenoxy) is 2. The molecule has 7 heteroatoms. The van der Waals surface area contributed by atoms with Gasteiger partial charge in [0.25, 0.3) is 0 Å². The van der Waals surface area contributed by atoms with Gasteiger partial charge in [-0.2, -0.15) is 0 Å². The van der Waals surface area contributed by atoms with Crippen LogP contribution in [0, 0.1) is 5.92 Å². The molecule has 0 aromatic rings. The van der Waals surface area contributed by atoms with E-state index in [-0.39, 0.29) is 6.61 Å². The monoisotopic (exact) mass is 248 g/mol. The highest BCUT2D eigenvalue weighted by molar-refractivity contribution is 5.78. The van der Waals surface area contributed by atoms with Crippen LogP contribution in [0.15, 0.2) is 0 Å². The van der Waals surface area contributed by atoms with E-state index in [9.17, 15) is 14.4 Å². The van der Waals surface area contributed by atoms with Crippen LogP contribution < -0.4 is 0 Å². The minimum atomic E-state index is -1.33. The molecule has 17 heavy (non-hydrogen) atoms. The second-order valence-electron chi connectivity index (χ2n) is 3.40. The van der Waals surface area contributed by atoms with Crippen LogP contribution >= 0.6 is 0 Å². The maximum Gasteiger partial charge on any atom is 0.508 e. The Morgan fingerprint density at radius 3 is 2.29 bits per heavy atom. The van der Waals surface area contributed by atoms with Crippen molar-refractivity contribution in [1.82, 2.24) is 0 Å². The van der Waals surface area contributed by atoms with Crippen molar-refractivity contribution >= 4 is 18.1 Å². The average Bonchev–Trinajstić information content (AvgIpc) is 2.23. The highest BCUT2D eigenvalue weighted by Gasteiger charge is 2.23. The summed E-state index contributed by atoms with van der Waals surface area (Å²) >= 11 is 0. The SMILES string of the molecule is CCCCOC(=O)OCC(CC(=O)O)C(=O)O. The molecule has 0 bridgehead atoms. The summed E-state index contributed by atoms with van der Waals surface area (Å²) in [6, 6.07) is 0. The summed E-state index contributed by atoms with van der Waals surface area (Å²) in [6.45, 7) is 1.61. The lowest BCUT2D eigenvalue weighted by Crippen LogP contribution is -2.25. The van der Waals surface area contributed by atoms with Crippen LogP contribution in [-0.4, -0.2) is 41.5 Å². The first-order chi connectivity index (χ1) is 7.97. The van der Waals surface area contributed by atoms with Crippen molar-refractivity contribution in [3.63, 3.8) is 0 Å². The van der Waals surface area contributed by atoms with Gasteiger partial charge < -0.3 is 19.7 Å². The van der Waals surface area contributed by atoms with E-state index in [0.717, 1.165) is 6.42 Å². The van der Waals surface area contributed by atoms with Crippen molar-refractivity contribution in [3.8, 4) is 0 Å². The van der Waals surface area contributed by atoms with Gasteiger partial charge in [0.2, 0.25) is 0 Å². The van der Waals surface area contributed by atoms with Crippen molar-refractivity contribution in [2.24, 2.45) is 5.92 Å². The summed E-state index contributed by atoms with van der Waals surface area (Å²) in [7, 11) is 0. The van der Waals surface area contributed by atoms with Gasteiger partial charge in [-0.1, -0.05) is 13.3 Å². The maximum absolute atomic E-state index is 10.9. The largest absolute Gasteiger partial charge is 0.508 e. The number of hydrogen-bond acceptors (Lipinski definition) is 5. The first kappa shape index (κ1) is 15.2. The molecule has 0 aliphatic carbocycles. The number of carboxylic acid groups (broad SMARTS) is 2. The first-order valence-electron chi connectivity index (χ1n) is 5.21. The lowest BCUT2D eigenvalue weighted by molar-refractivity contribution is -0.149. The molecule has 0 radical (unpaired) electrons. The summed E-state index contributed by atoms with van der Waals surface area (Å²) in [4.78, 5) is 31.9. The molecule has 7 nitrogen and oxygen atoms in total. The Morgan fingerprint density at radius 2 is 1.82 bits per heavy atom. The van der Waals surface area contributed by atoms with Crippen LogP contribution in [0.2, 0.25) is 0 Å². The molecule has 98 valence electrons. The van der Waals surface area contributed by atoms with Crippen LogP contribution in [0.5, 0.6) is 0 Å². The lowest BCUT2D eigenvalue weighted by atomic mass is 10.1. The number of aliphatic carboxylic acids is 2. The molecule has 0 heterocycles. The van der Waals surface area contributed by atoms with E-state index in [1.54, 1.807) is 0 Å². The fourth-order valence-corrected chi connectivity index (χ4v) is 0.938. The van der Waals surface area contributed by atoms with Crippen LogP contribution in [0.4, 0.5) is 4.79 Å². The summed E-state index contributed by atoms with van der Waals surface area (Å²) in [5.41, 5.74) is 0. The Morgan fingerprint density at radius 1 is 1.18 bits per heavy atom. The van der Waals surface area contributed by atoms with Gasteiger partial charge in [-0.15, -0.1) is 0 Å². The van der Waals surface area contributed by atoms with E-state index in [4.69, 9.17) is 10.2 Å². The van der Waals surface area contributed by atoms with Crippen molar-refractivity contribution in [2.75, 3.05) is 13.2 Å². The van der Waals surface area contributed by atoms with Gasteiger partial charge >= 0.3 is 18.1 Å². The normalized spacial score (nSPS) is 11.6. The molecule has 0 rings (SSSR count). The van der Waals surface area contributed by atoms with Crippen LogP contribution in [0.25, 0.3) is 0 Å². The molecule has 1 unspecified atom stereocenters. The third kappa shape index (κ3) is 8.06. The third-order valence-electron chi connectivity index (χ3n) is 1.89. The van der Waals surface area contributed by atoms with Crippen LogP contribution in [0.3, 0.4) is 0 Å². The summed E-state index contributed by atoms with van der Waals surface area (Å²) in [5.74, 6) is -3.85. The second kappa shape index (κ2) is 8.37. The molecule has 0 aliphatic rings. The van der Waals surface area contributed by atoms with Gasteiger partial charge in [0.05, 0.1) is 13.0 Å². The molecule has 0 fully saturated rings. The van der Waals surface area contributed by atoms with Gasteiger partial charge in [-0.25, -0.2) is 4.79 Å². The van der Waals surface area contributed by atoms with E-state index >= 15 is 0 Å². The number of carbonyl (C=O) groups is 3. The highest BCUT2D eigenvalue weighted by atomic mass is 16.7. The van der Waals surface area contributed by atoms with Crippen LogP contribution in [0.1, 0.15) is 26.2 Å². The van der Waals surface area contributed by atoms with Crippen molar-refractivity contribution in [2.45, 2.75) is 26.2 Å². The zero-order valence-corrected chi connectivity index (χ0v) is 9.55. The smallest absolute Gasteiger partial charge is 0.481 e. The van der Waals surface area contributed by atoms with Crippen molar-refractivity contribution in [3.05, 3.63) is 0 Å². The zero-order valence-electron chi connectivity index (χ0n) is 9.55. The van der Waals surface area contributed by atoms with Gasteiger partial charge in [-0.3, -0.25) is 9.59 Å². The fraction of sp³-hybridized carbons (Fsp3) is 0.700. The van der Waals surface area contributed by atoms with E-state index < -0.39 is 37.0 Å². The molecule has 0 aromatic heterocycles. The summed E-state index contributed by atoms with van der Waals surface area (Å²) < 4.78 is 9.12. The number of unbranched alkanes of at least 4 members (excludes halogenated alkanes) is 1. The van der Waals surface area contributed by atoms with Gasteiger partial charge in [0.15, 0.2) is 0 Å². The fourth-order valence-electron chi connectivity index (χ4n) is 0.938.